The summed E-state index contributed by atoms with van der Waals surface area (Å²) < 4.78 is 37.1. The number of aliphatic hydroxyl groups excluding tert-OH is 1. The summed E-state index contributed by atoms with van der Waals surface area (Å²) in [5.41, 5.74) is 5.11. The van der Waals surface area contributed by atoms with E-state index in [4.69, 9.17) is 20.3 Å². The van der Waals surface area contributed by atoms with Gasteiger partial charge in [0.1, 0.15) is 0 Å². The molecule has 20 nitrogen and oxygen atoms in total. The van der Waals surface area contributed by atoms with Crippen molar-refractivity contribution in [3.05, 3.63) is 0 Å². The highest BCUT2D eigenvalue weighted by Crippen LogP contribution is 2.01. The maximum absolute atomic E-state index is 11.5. The van der Waals surface area contributed by atoms with Crippen LogP contribution in [0.4, 0.5) is 0 Å². The van der Waals surface area contributed by atoms with Crippen molar-refractivity contribution in [2.24, 2.45) is 5.73 Å². The molecule has 0 heterocycles. The molecule has 0 aromatic heterocycles. The minimum absolute atomic E-state index is 0.0909. The van der Waals surface area contributed by atoms with Gasteiger partial charge in [-0.25, -0.2) is 0 Å². The molecule has 20 heteroatoms. The number of carbonyl (C=O) groups excluding carboxylic acids is 6. The Morgan fingerprint density at radius 3 is 0.841 bits per heavy atom. The number of esters is 6. The van der Waals surface area contributed by atoms with Gasteiger partial charge in [-0.05, 0) is 137 Å². The third kappa shape index (κ3) is 88.0. The number of methoxy groups -OCH3 is 3. The average Bonchev–Trinajstić information content (AvgIpc) is 3.20. The fourth-order valence-electron chi connectivity index (χ4n) is 3.37. The van der Waals surface area contributed by atoms with E-state index in [9.17, 15) is 28.8 Å². The lowest BCUT2D eigenvalue weighted by molar-refractivity contribution is -0.168. The molecule has 0 aromatic rings. The van der Waals surface area contributed by atoms with Crippen molar-refractivity contribution in [2.75, 3.05) is 94.9 Å². The summed E-state index contributed by atoms with van der Waals surface area (Å²) in [5, 5.41) is 8.06. The molecule has 0 aromatic carbocycles. The molecule has 0 atom stereocenters. The van der Waals surface area contributed by atoms with Gasteiger partial charge in [0, 0.05) is 57.8 Å². The largest absolute Gasteiger partial charge is 0.468 e. The van der Waals surface area contributed by atoms with Crippen LogP contribution in [0.1, 0.15) is 145 Å². The van der Waals surface area contributed by atoms with Gasteiger partial charge in [0.2, 0.25) is 13.6 Å². The van der Waals surface area contributed by atoms with Crippen LogP contribution in [0.15, 0.2) is 0 Å². The molecule has 0 aliphatic heterocycles. The maximum Gasteiger partial charge on any atom is 0.323 e. The molecule has 0 aliphatic rings. The van der Waals surface area contributed by atoms with Gasteiger partial charge in [-0.15, -0.1) is 0 Å². The highest BCUT2D eigenvalue weighted by Gasteiger charge is 2.20. The first-order valence-corrected chi connectivity index (χ1v) is 23.8. The van der Waals surface area contributed by atoms with E-state index in [1.807, 2.05) is 62.3 Å². The van der Waals surface area contributed by atoms with E-state index < -0.39 is 37.5 Å². The average molecular weight is 1010 g/mol. The number of aliphatic hydroxyl groups is 1. The number of rotatable bonds is 21. The maximum atomic E-state index is 11.5. The molecule has 0 fully saturated rings. The van der Waals surface area contributed by atoms with Crippen LogP contribution in [0.25, 0.3) is 0 Å². The monoisotopic (exact) mass is 1010 g/mol. The van der Waals surface area contributed by atoms with Crippen LogP contribution in [-0.4, -0.2) is 204 Å². The number of carbonyl (C=O) groups is 6. The Labute approximate surface area is 420 Å². The van der Waals surface area contributed by atoms with Gasteiger partial charge >= 0.3 is 35.8 Å². The van der Waals surface area contributed by atoms with Crippen LogP contribution in [0.3, 0.4) is 0 Å². The summed E-state index contributed by atoms with van der Waals surface area (Å²) in [6, 6.07) is 1.69. The molecule has 0 radical (unpaired) electrons. The second kappa shape index (κ2) is 57.1. The van der Waals surface area contributed by atoms with E-state index in [0.29, 0.717) is 30.3 Å². The zero-order valence-corrected chi connectivity index (χ0v) is 48.5. The first kappa shape index (κ1) is 82.4. The molecular formula is C49H107N5O15. The molecule has 0 unspecified atom stereocenters. The molecule has 0 aliphatic carbocycles. The Bertz CT molecular complexity index is 1110. The number of nitrogens with zero attached hydrogens (tertiary/aromatic N) is 4. The van der Waals surface area contributed by atoms with Crippen molar-refractivity contribution < 1.29 is 71.8 Å². The van der Waals surface area contributed by atoms with Crippen LogP contribution in [0.5, 0.6) is 0 Å². The predicted molar refractivity (Wildman–Crippen MR) is 275 cm³/mol. The van der Waals surface area contributed by atoms with E-state index in [0.717, 1.165) is 6.61 Å². The Hall–Kier alpha value is -3.50. The fraction of sp³-hybridized carbons (Fsp3) is 0.878. The number of hydrogen-bond acceptors (Lipinski definition) is 20. The lowest BCUT2D eigenvalue weighted by atomic mass is 10.3. The Kier molecular flexibility index (Phi) is 68.2. The molecule has 0 saturated heterocycles. The van der Waals surface area contributed by atoms with E-state index >= 15 is 0 Å². The van der Waals surface area contributed by atoms with Crippen molar-refractivity contribution in [2.45, 2.75) is 194 Å². The van der Waals surface area contributed by atoms with E-state index in [2.05, 4.69) is 93.9 Å². The zero-order chi connectivity index (χ0) is 56.4. The molecule has 0 spiro atoms. The summed E-state index contributed by atoms with van der Waals surface area (Å²) in [7, 11) is 8.48. The van der Waals surface area contributed by atoms with Gasteiger partial charge in [0.05, 0.1) is 52.6 Å². The molecule has 0 rings (SSSR count). The van der Waals surface area contributed by atoms with Gasteiger partial charge in [0.25, 0.3) is 0 Å². The standard InChI is InChI=1S/C13H21NO8.C9H17NO4.C7H17N.C5H13N.C5H12O.C4H10O.C3H9N.C3H8O/c1-9(2)14(5-12(17)21-7-19-10(3)15)6-13(18)22-8-20-11(4)16;1-7(2)10(5-8(11)13-3)6-9(12)14-4;1-5-8(6-2)7(3)4;1-5(2)6(3)4;1-4-6-5(2)3;1-4(2)5-3;2*1-3(2)4/h9H,5-8H2,1-4H3;7H,5-6H2,1-4H3;7H,5-6H2,1-4H3;5H,1-4H3;5H,4H2,1-3H3;4H,1-3H3;3H,4H2,1-2H3;3-4H,1-2H3. The summed E-state index contributed by atoms with van der Waals surface area (Å²) in [6.45, 7) is 42.4. The molecule has 0 saturated carbocycles. The van der Waals surface area contributed by atoms with Gasteiger partial charge < -0.3 is 58.5 Å². The minimum Gasteiger partial charge on any atom is -0.468 e. The van der Waals surface area contributed by atoms with E-state index in [1.54, 1.807) is 39.7 Å². The molecule has 69 heavy (non-hydrogen) atoms. The quantitative estimate of drug-likeness (QED) is 0.0788. The number of ether oxygens (including phenoxy) is 8. The smallest absolute Gasteiger partial charge is 0.323 e. The van der Waals surface area contributed by atoms with Crippen LogP contribution in [0, 0.1) is 0 Å². The number of nitrogens with two attached hydrogens (primary N) is 1. The first-order chi connectivity index (χ1) is 31.6. The summed E-state index contributed by atoms with van der Waals surface area (Å²) in [5.74, 6) is -3.15. The minimum atomic E-state index is -0.650. The lowest BCUT2D eigenvalue weighted by Gasteiger charge is -2.24. The molecule has 418 valence electrons. The van der Waals surface area contributed by atoms with Crippen LogP contribution < -0.4 is 5.73 Å². The predicted octanol–water partition coefficient (Wildman–Crippen LogP) is 5.77. The molecule has 0 bridgehead atoms. The van der Waals surface area contributed by atoms with Crippen LogP contribution >= 0.6 is 0 Å². The Morgan fingerprint density at radius 1 is 0.478 bits per heavy atom. The summed E-state index contributed by atoms with van der Waals surface area (Å²) in [4.78, 5) is 73.9. The molecule has 3 N–H and O–H groups in total. The van der Waals surface area contributed by atoms with E-state index in [-0.39, 0.29) is 56.3 Å². The third-order valence-electron chi connectivity index (χ3n) is 7.76. The Morgan fingerprint density at radius 2 is 0.725 bits per heavy atom. The van der Waals surface area contributed by atoms with Crippen molar-refractivity contribution in [3.63, 3.8) is 0 Å². The van der Waals surface area contributed by atoms with Gasteiger partial charge in [-0.2, -0.15) is 0 Å². The van der Waals surface area contributed by atoms with Crippen LogP contribution in [-0.2, 0) is 66.7 Å². The first-order valence-electron chi connectivity index (χ1n) is 23.8. The topological polar surface area (TPSA) is 235 Å². The fourth-order valence-corrected chi connectivity index (χ4v) is 3.37. The van der Waals surface area contributed by atoms with Crippen molar-refractivity contribution in [1.29, 1.82) is 0 Å². The second-order valence-electron chi connectivity index (χ2n) is 17.2. The highest BCUT2D eigenvalue weighted by atomic mass is 16.7. The molecule has 0 amide bonds. The SMILES string of the molecule is CC(=O)OCOC(=O)CN(CC(=O)OCOC(C)=O)C(C)C.CC(C)N.CC(C)N(C)C.CC(C)O.CCN(CC)C(C)C.CCOC(C)C.COC(=O)CN(CC(=O)OC)C(C)C.COC(C)C. The highest BCUT2D eigenvalue weighted by molar-refractivity contribution is 5.76. The van der Waals surface area contributed by atoms with Gasteiger partial charge in [-0.3, -0.25) is 38.6 Å². The van der Waals surface area contributed by atoms with Crippen molar-refractivity contribution in [3.8, 4) is 0 Å². The van der Waals surface area contributed by atoms with Gasteiger partial charge in [-0.1, -0.05) is 27.7 Å². The lowest BCUT2D eigenvalue weighted by Crippen LogP contribution is -2.41. The molecular weight excluding hydrogens is 899 g/mol. The normalized spacial score (nSPS) is 10.3. The summed E-state index contributed by atoms with van der Waals surface area (Å²) >= 11 is 0. The Balaban J connectivity index is -0.000000113. The zero-order valence-electron chi connectivity index (χ0n) is 48.5. The van der Waals surface area contributed by atoms with Crippen molar-refractivity contribution in [1.82, 2.24) is 19.6 Å². The van der Waals surface area contributed by atoms with Crippen LogP contribution in [0.2, 0.25) is 0 Å². The van der Waals surface area contributed by atoms with Crippen molar-refractivity contribution >= 4 is 35.8 Å². The summed E-state index contributed by atoms with van der Waals surface area (Å²) in [6.07, 6.45) is 0.616. The third-order valence-corrected chi connectivity index (χ3v) is 7.76. The second-order valence-corrected chi connectivity index (χ2v) is 17.2. The van der Waals surface area contributed by atoms with E-state index in [1.165, 1.54) is 46.1 Å². The number of hydrogen-bond donors (Lipinski definition) is 2. The van der Waals surface area contributed by atoms with Gasteiger partial charge in [0.15, 0.2) is 0 Å².